The summed E-state index contributed by atoms with van der Waals surface area (Å²) in [7, 11) is 3.09. The van der Waals surface area contributed by atoms with E-state index in [4.69, 9.17) is 9.72 Å². The molecule has 2 aromatic heterocycles. The number of aromatic nitrogens is 4. The van der Waals surface area contributed by atoms with E-state index in [1.54, 1.807) is 11.6 Å². The molecule has 4 rings (SSSR count). The van der Waals surface area contributed by atoms with E-state index < -0.39 is 17.4 Å². The van der Waals surface area contributed by atoms with Gasteiger partial charge in [-0.3, -0.25) is 13.9 Å². The Labute approximate surface area is 205 Å². The molecule has 9 nitrogen and oxygen atoms in total. The first-order valence-corrected chi connectivity index (χ1v) is 12.4. The molecule has 2 unspecified atom stereocenters. The number of aliphatic hydroxyl groups excluding tert-OH is 1. The molecule has 1 fully saturated rings. The SMILES string of the molecule is Cc1ccc(C(C)C)c(OCC(O)Cn2c(N3CCCC(C)C3)nc3c2c(=O)n(C)c(=O)n3C)c1. The Bertz CT molecular complexity index is 1340. The minimum atomic E-state index is -0.879. The van der Waals surface area contributed by atoms with Gasteiger partial charge in [0.1, 0.15) is 18.5 Å². The third kappa shape index (κ3) is 4.87. The van der Waals surface area contributed by atoms with Gasteiger partial charge in [-0.15, -0.1) is 0 Å². The van der Waals surface area contributed by atoms with Crippen LogP contribution in [0.3, 0.4) is 0 Å². The number of imidazole rings is 1. The zero-order valence-corrected chi connectivity index (χ0v) is 21.6. The first-order valence-electron chi connectivity index (χ1n) is 12.4. The van der Waals surface area contributed by atoms with Crippen LogP contribution in [0, 0.1) is 12.8 Å². The summed E-state index contributed by atoms with van der Waals surface area (Å²) in [5, 5.41) is 11.0. The summed E-state index contributed by atoms with van der Waals surface area (Å²) in [4.78, 5) is 32.6. The van der Waals surface area contributed by atoms with Gasteiger partial charge in [0.2, 0.25) is 5.95 Å². The van der Waals surface area contributed by atoms with Gasteiger partial charge in [-0.1, -0.05) is 32.9 Å². The van der Waals surface area contributed by atoms with Gasteiger partial charge in [0, 0.05) is 27.2 Å². The van der Waals surface area contributed by atoms with Gasteiger partial charge in [0.25, 0.3) is 5.56 Å². The van der Waals surface area contributed by atoms with E-state index >= 15 is 0 Å². The number of piperidine rings is 1. The summed E-state index contributed by atoms with van der Waals surface area (Å²) in [6.45, 7) is 10.3. The van der Waals surface area contributed by atoms with Crippen molar-refractivity contribution in [1.82, 2.24) is 18.7 Å². The predicted molar refractivity (Wildman–Crippen MR) is 138 cm³/mol. The average Bonchev–Trinajstić information content (AvgIpc) is 3.19. The third-order valence-corrected chi connectivity index (χ3v) is 6.88. The van der Waals surface area contributed by atoms with E-state index in [9.17, 15) is 14.7 Å². The zero-order valence-electron chi connectivity index (χ0n) is 21.6. The van der Waals surface area contributed by atoms with Crippen LogP contribution in [0.2, 0.25) is 0 Å². The maximum Gasteiger partial charge on any atom is 0.332 e. The average molecular weight is 484 g/mol. The molecule has 0 bridgehead atoms. The molecule has 0 spiro atoms. The molecule has 1 aliphatic heterocycles. The lowest BCUT2D eigenvalue weighted by molar-refractivity contribution is 0.0929. The van der Waals surface area contributed by atoms with Crippen molar-refractivity contribution in [3.05, 3.63) is 50.2 Å². The Kier molecular flexibility index (Phi) is 7.07. The first kappa shape index (κ1) is 25.0. The molecule has 2 atom stereocenters. The Balaban J connectivity index is 1.70. The van der Waals surface area contributed by atoms with Crippen molar-refractivity contribution in [2.75, 3.05) is 24.6 Å². The monoisotopic (exact) mass is 483 g/mol. The minimum Gasteiger partial charge on any atom is -0.491 e. The molecule has 3 heterocycles. The number of hydrogen-bond acceptors (Lipinski definition) is 6. The number of aryl methyl sites for hydroxylation is 2. The molecular formula is C26H37N5O4. The second kappa shape index (κ2) is 9.89. The van der Waals surface area contributed by atoms with Gasteiger partial charge in [-0.2, -0.15) is 4.98 Å². The highest BCUT2D eigenvalue weighted by atomic mass is 16.5. The zero-order chi connectivity index (χ0) is 25.4. The molecule has 0 radical (unpaired) electrons. The van der Waals surface area contributed by atoms with Crippen molar-refractivity contribution in [3.63, 3.8) is 0 Å². The first-order chi connectivity index (χ1) is 16.6. The summed E-state index contributed by atoms with van der Waals surface area (Å²) in [5.74, 6) is 2.16. The number of benzene rings is 1. The number of aliphatic hydroxyl groups is 1. The largest absolute Gasteiger partial charge is 0.491 e. The second-order valence-electron chi connectivity index (χ2n) is 10.3. The van der Waals surface area contributed by atoms with Crippen LogP contribution in [0.15, 0.2) is 27.8 Å². The standard InChI is InChI=1S/C26H37N5O4/c1-16(2)20-10-9-17(3)12-21(20)35-15-19(32)14-31-22-23(28(5)26(34)29(6)24(22)33)27-25(31)30-11-7-8-18(4)13-30/h9-10,12,16,18-19,32H,7-8,11,13-15H2,1-6H3. The van der Waals surface area contributed by atoms with Crippen molar-refractivity contribution >= 4 is 17.1 Å². The van der Waals surface area contributed by atoms with Crippen molar-refractivity contribution < 1.29 is 9.84 Å². The molecule has 1 aliphatic rings. The maximum absolute atomic E-state index is 13.2. The van der Waals surface area contributed by atoms with Crippen molar-refractivity contribution in [2.24, 2.45) is 20.0 Å². The van der Waals surface area contributed by atoms with E-state index in [2.05, 4.69) is 37.8 Å². The van der Waals surface area contributed by atoms with E-state index in [0.29, 0.717) is 23.0 Å². The summed E-state index contributed by atoms with van der Waals surface area (Å²) < 4.78 is 10.3. The Morgan fingerprint density at radius 3 is 2.63 bits per heavy atom. The molecule has 0 aliphatic carbocycles. The Morgan fingerprint density at radius 1 is 1.20 bits per heavy atom. The lowest BCUT2D eigenvalue weighted by Crippen LogP contribution is -2.39. The van der Waals surface area contributed by atoms with Crippen LogP contribution in [0.5, 0.6) is 5.75 Å². The predicted octanol–water partition coefficient (Wildman–Crippen LogP) is 2.54. The normalized spacial score (nSPS) is 17.4. The van der Waals surface area contributed by atoms with Crippen LogP contribution in [0.25, 0.3) is 11.2 Å². The van der Waals surface area contributed by atoms with E-state index in [0.717, 1.165) is 47.4 Å². The molecule has 1 N–H and O–H groups in total. The van der Waals surface area contributed by atoms with Gasteiger partial charge in [-0.05, 0) is 48.8 Å². The van der Waals surface area contributed by atoms with Crippen LogP contribution in [-0.4, -0.2) is 49.6 Å². The van der Waals surface area contributed by atoms with Gasteiger partial charge < -0.3 is 19.3 Å². The summed E-state index contributed by atoms with van der Waals surface area (Å²) in [6, 6.07) is 6.11. The molecule has 9 heteroatoms. The van der Waals surface area contributed by atoms with Crippen LogP contribution in [-0.2, 0) is 20.6 Å². The highest BCUT2D eigenvalue weighted by molar-refractivity contribution is 5.74. The number of rotatable bonds is 7. The van der Waals surface area contributed by atoms with Crippen molar-refractivity contribution in [2.45, 2.75) is 59.1 Å². The van der Waals surface area contributed by atoms with Gasteiger partial charge in [0.05, 0.1) is 6.54 Å². The molecule has 190 valence electrons. The quantitative estimate of drug-likeness (QED) is 0.555. The molecule has 1 aromatic carbocycles. The van der Waals surface area contributed by atoms with Crippen LogP contribution >= 0.6 is 0 Å². The molecule has 3 aromatic rings. The fourth-order valence-electron chi connectivity index (χ4n) is 4.91. The lowest BCUT2D eigenvalue weighted by atomic mass is 10.0. The van der Waals surface area contributed by atoms with Gasteiger partial charge >= 0.3 is 5.69 Å². The number of fused-ring (bicyclic) bond motifs is 1. The topological polar surface area (TPSA) is 94.5 Å². The summed E-state index contributed by atoms with van der Waals surface area (Å²) in [6.07, 6.45) is 1.29. The molecule has 35 heavy (non-hydrogen) atoms. The Hall–Kier alpha value is -3.07. The fourth-order valence-corrected chi connectivity index (χ4v) is 4.91. The number of anilines is 1. The van der Waals surface area contributed by atoms with Gasteiger partial charge in [-0.25, -0.2) is 4.79 Å². The summed E-state index contributed by atoms with van der Waals surface area (Å²) >= 11 is 0. The lowest BCUT2D eigenvalue weighted by Gasteiger charge is -2.32. The highest BCUT2D eigenvalue weighted by Gasteiger charge is 2.27. The van der Waals surface area contributed by atoms with E-state index in [1.807, 2.05) is 13.0 Å². The van der Waals surface area contributed by atoms with Crippen LogP contribution in [0.4, 0.5) is 5.95 Å². The van der Waals surface area contributed by atoms with Gasteiger partial charge in [0.15, 0.2) is 11.2 Å². The van der Waals surface area contributed by atoms with Crippen molar-refractivity contribution in [3.8, 4) is 5.75 Å². The second-order valence-corrected chi connectivity index (χ2v) is 10.3. The molecule has 1 saturated heterocycles. The van der Waals surface area contributed by atoms with E-state index in [-0.39, 0.29) is 19.1 Å². The van der Waals surface area contributed by atoms with Crippen LogP contribution < -0.4 is 20.9 Å². The van der Waals surface area contributed by atoms with Crippen LogP contribution in [0.1, 0.15) is 50.7 Å². The molecule has 0 saturated carbocycles. The smallest absolute Gasteiger partial charge is 0.332 e. The Morgan fingerprint density at radius 2 is 1.94 bits per heavy atom. The summed E-state index contributed by atoms with van der Waals surface area (Å²) in [5.41, 5.74) is 1.99. The maximum atomic E-state index is 13.2. The van der Waals surface area contributed by atoms with Crippen molar-refractivity contribution in [1.29, 1.82) is 0 Å². The number of nitrogens with zero attached hydrogens (tertiary/aromatic N) is 5. The van der Waals surface area contributed by atoms with E-state index in [1.165, 1.54) is 11.6 Å². The molecular weight excluding hydrogens is 446 g/mol. The third-order valence-electron chi connectivity index (χ3n) is 6.88. The number of hydrogen-bond donors (Lipinski definition) is 1. The number of ether oxygens (including phenoxy) is 1. The highest BCUT2D eigenvalue weighted by Crippen LogP contribution is 2.28. The molecule has 0 amide bonds. The fraction of sp³-hybridized carbons (Fsp3) is 0.577. The minimum absolute atomic E-state index is 0.0742.